The highest BCUT2D eigenvalue weighted by Gasteiger charge is 2.30. The van der Waals surface area contributed by atoms with Crippen molar-refractivity contribution in [3.05, 3.63) is 54.1 Å². The van der Waals surface area contributed by atoms with Gasteiger partial charge in [-0.25, -0.2) is 0 Å². The molecule has 0 saturated carbocycles. The van der Waals surface area contributed by atoms with Crippen LogP contribution in [0.2, 0.25) is 0 Å². The minimum absolute atomic E-state index is 0.135. The van der Waals surface area contributed by atoms with E-state index < -0.39 is 5.51 Å². The quantitative estimate of drug-likeness (QED) is 0.763. The van der Waals surface area contributed by atoms with Crippen molar-refractivity contribution in [2.45, 2.75) is 23.4 Å². The van der Waals surface area contributed by atoms with E-state index in [9.17, 15) is 18.3 Å². The first-order valence-electron chi connectivity index (χ1n) is 6.25. The molecule has 0 spiro atoms. The number of phenolic OH excluding ortho intramolecular Hbond substituents is 1. The van der Waals surface area contributed by atoms with Crippen LogP contribution in [0, 0.1) is 0 Å². The monoisotopic (exact) mass is 313 g/mol. The maximum atomic E-state index is 12.5. The molecule has 0 saturated heterocycles. The number of hydrogen-bond acceptors (Lipinski definition) is 3. The number of aromatic hydroxyl groups is 1. The number of nitrogens with one attached hydrogen (secondary N) is 1. The summed E-state index contributed by atoms with van der Waals surface area (Å²) >= 11 is -0.136. The summed E-state index contributed by atoms with van der Waals surface area (Å²) in [7, 11) is 0. The average molecular weight is 313 g/mol. The third kappa shape index (κ3) is 4.60. The molecule has 0 aliphatic carbocycles. The van der Waals surface area contributed by atoms with Crippen LogP contribution in [0.25, 0.3) is 0 Å². The zero-order valence-electron chi connectivity index (χ0n) is 11.2. The van der Waals surface area contributed by atoms with Crippen LogP contribution < -0.4 is 5.32 Å². The molecule has 2 rings (SSSR count). The Kier molecular flexibility index (Phi) is 4.67. The lowest BCUT2D eigenvalue weighted by molar-refractivity contribution is -0.0327. The molecule has 1 unspecified atom stereocenters. The van der Waals surface area contributed by atoms with Crippen molar-refractivity contribution >= 4 is 17.4 Å². The van der Waals surface area contributed by atoms with Gasteiger partial charge in [-0.15, -0.1) is 0 Å². The largest absolute Gasteiger partial charge is 0.508 e. The highest BCUT2D eigenvalue weighted by Crippen LogP contribution is 2.41. The Morgan fingerprint density at radius 3 is 2.29 bits per heavy atom. The zero-order chi connectivity index (χ0) is 15.5. The van der Waals surface area contributed by atoms with Crippen molar-refractivity contribution in [2.24, 2.45) is 0 Å². The van der Waals surface area contributed by atoms with E-state index in [0.717, 1.165) is 5.56 Å². The fourth-order valence-electron chi connectivity index (χ4n) is 1.88. The number of para-hydroxylation sites is 1. The third-order valence-corrected chi connectivity index (χ3v) is 3.69. The number of phenols is 1. The Labute approximate surface area is 125 Å². The van der Waals surface area contributed by atoms with Crippen LogP contribution in [-0.4, -0.2) is 10.6 Å². The van der Waals surface area contributed by atoms with Crippen molar-refractivity contribution in [1.82, 2.24) is 0 Å². The zero-order valence-corrected chi connectivity index (χ0v) is 12.0. The van der Waals surface area contributed by atoms with Gasteiger partial charge in [0.25, 0.3) is 0 Å². The van der Waals surface area contributed by atoms with Crippen molar-refractivity contribution in [3.8, 4) is 5.75 Å². The Morgan fingerprint density at radius 1 is 1.05 bits per heavy atom. The minimum atomic E-state index is -4.32. The molecule has 0 radical (unpaired) electrons. The summed E-state index contributed by atoms with van der Waals surface area (Å²) in [6.07, 6.45) is 0. The molecule has 1 atom stereocenters. The molecule has 0 heterocycles. The maximum Gasteiger partial charge on any atom is 0.446 e. The van der Waals surface area contributed by atoms with Gasteiger partial charge >= 0.3 is 5.51 Å². The molecule has 0 bridgehead atoms. The van der Waals surface area contributed by atoms with Gasteiger partial charge in [-0.1, -0.05) is 24.3 Å². The van der Waals surface area contributed by atoms with Crippen LogP contribution in [0.1, 0.15) is 18.5 Å². The van der Waals surface area contributed by atoms with Crippen molar-refractivity contribution in [1.29, 1.82) is 0 Å². The fraction of sp³-hybridized carbons (Fsp3) is 0.200. The standard InChI is InChI=1S/C15H14F3NOS/c1-10(11-6-8-12(20)9-7-11)19-13-4-2-3-5-14(13)21-15(16,17)18/h2-10,19-20H,1H3. The molecule has 2 nitrogen and oxygen atoms in total. The normalized spacial score (nSPS) is 13.0. The number of anilines is 1. The summed E-state index contributed by atoms with van der Waals surface area (Å²) in [5, 5.41) is 12.3. The molecule has 2 aromatic carbocycles. The molecule has 0 amide bonds. The van der Waals surface area contributed by atoms with Crippen LogP contribution in [0.5, 0.6) is 5.75 Å². The SMILES string of the molecule is CC(Nc1ccccc1SC(F)(F)F)c1ccc(O)cc1. The van der Waals surface area contributed by atoms with Gasteiger partial charge in [0.05, 0.1) is 0 Å². The lowest BCUT2D eigenvalue weighted by Gasteiger charge is -2.18. The van der Waals surface area contributed by atoms with Crippen LogP contribution in [0.3, 0.4) is 0 Å². The Balaban J connectivity index is 2.17. The predicted molar refractivity (Wildman–Crippen MR) is 78.5 cm³/mol. The van der Waals surface area contributed by atoms with Crippen molar-refractivity contribution in [3.63, 3.8) is 0 Å². The Hall–Kier alpha value is -1.82. The molecule has 2 aromatic rings. The van der Waals surface area contributed by atoms with Crippen LogP contribution >= 0.6 is 11.8 Å². The average Bonchev–Trinajstić information content (AvgIpc) is 2.40. The molecule has 0 aliphatic rings. The second kappa shape index (κ2) is 6.30. The minimum Gasteiger partial charge on any atom is -0.508 e. The molecule has 112 valence electrons. The van der Waals surface area contributed by atoms with E-state index >= 15 is 0 Å². The summed E-state index contributed by atoms with van der Waals surface area (Å²) in [5.74, 6) is 0.152. The molecule has 6 heteroatoms. The third-order valence-electron chi connectivity index (χ3n) is 2.88. The van der Waals surface area contributed by atoms with Gasteiger partial charge in [0.15, 0.2) is 0 Å². The van der Waals surface area contributed by atoms with Gasteiger partial charge in [-0.2, -0.15) is 13.2 Å². The lowest BCUT2D eigenvalue weighted by Crippen LogP contribution is -2.08. The van der Waals surface area contributed by atoms with Crippen LogP contribution in [-0.2, 0) is 0 Å². The summed E-state index contributed by atoms with van der Waals surface area (Å²) < 4.78 is 37.6. The fourth-order valence-corrected chi connectivity index (χ4v) is 2.51. The number of thioether (sulfide) groups is 1. The number of alkyl halides is 3. The summed E-state index contributed by atoms with van der Waals surface area (Å²) in [6.45, 7) is 1.85. The number of rotatable bonds is 4. The first kappa shape index (κ1) is 15.6. The molecule has 2 N–H and O–H groups in total. The van der Waals surface area contributed by atoms with Gasteiger partial charge in [0, 0.05) is 16.6 Å². The van der Waals surface area contributed by atoms with E-state index in [1.165, 1.54) is 6.07 Å². The highest BCUT2D eigenvalue weighted by molar-refractivity contribution is 8.00. The van der Waals surface area contributed by atoms with Crippen molar-refractivity contribution < 1.29 is 18.3 Å². The van der Waals surface area contributed by atoms with Crippen LogP contribution in [0.15, 0.2) is 53.4 Å². The molecule has 0 fully saturated rings. The van der Waals surface area contributed by atoms with E-state index in [1.54, 1.807) is 42.5 Å². The topological polar surface area (TPSA) is 32.3 Å². The van der Waals surface area contributed by atoms with Gasteiger partial charge in [0.1, 0.15) is 5.75 Å². The Morgan fingerprint density at radius 2 is 1.67 bits per heavy atom. The number of hydrogen-bond donors (Lipinski definition) is 2. The summed E-state index contributed by atoms with van der Waals surface area (Å²) in [4.78, 5) is 0.135. The molecular weight excluding hydrogens is 299 g/mol. The van der Waals surface area contributed by atoms with E-state index in [0.29, 0.717) is 5.69 Å². The van der Waals surface area contributed by atoms with E-state index in [4.69, 9.17) is 0 Å². The van der Waals surface area contributed by atoms with Gasteiger partial charge in [-0.05, 0) is 48.5 Å². The lowest BCUT2D eigenvalue weighted by atomic mass is 10.1. The van der Waals surface area contributed by atoms with Gasteiger partial charge in [-0.3, -0.25) is 0 Å². The summed E-state index contributed by atoms with van der Waals surface area (Å²) in [5.41, 5.74) is -3.01. The first-order chi connectivity index (χ1) is 9.85. The van der Waals surface area contributed by atoms with Gasteiger partial charge in [0.2, 0.25) is 0 Å². The highest BCUT2D eigenvalue weighted by atomic mass is 32.2. The van der Waals surface area contributed by atoms with E-state index in [1.807, 2.05) is 6.92 Å². The second-order valence-electron chi connectivity index (χ2n) is 4.50. The number of halogens is 3. The van der Waals surface area contributed by atoms with Crippen molar-refractivity contribution in [2.75, 3.05) is 5.32 Å². The molecule has 0 aliphatic heterocycles. The summed E-state index contributed by atoms with van der Waals surface area (Å²) in [6, 6.07) is 12.7. The first-order valence-corrected chi connectivity index (χ1v) is 7.07. The molecule has 0 aromatic heterocycles. The van der Waals surface area contributed by atoms with Gasteiger partial charge < -0.3 is 10.4 Å². The molecule has 21 heavy (non-hydrogen) atoms. The van der Waals surface area contributed by atoms with E-state index in [2.05, 4.69) is 5.32 Å². The molecular formula is C15H14F3NOS. The smallest absolute Gasteiger partial charge is 0.446 e. The maximum absolute atomic E-state index is 12.5. The Bertz CT molecular complexity index is 599. The predicted octanol–water partition coefficient (Wildman–Crippen LogP) is 5.18. The number of benzene rings is 2. The van der Waals surface area contributed by atoms with Crippen LogP contribution in [0.4, 0.5) is 18.9 Å². The second-order valence-corrected chi connectivity index (χ2v) is 5.61. The van der Waals surface area contributed by atoms with E-state index in [-0.39, 0.29) is 28.4 Å².